The smallest absolute Gasteiger partial charge is 0.255 e. The number of fused-ring (bicyclic) bond motifs is 1. The summed E-state index contributed by atoms with van der Waals surface area (Å²) in [5.74, 6) is -1.45. The van der Waals surface area contributed by atoms with E-state index >= 15 is 0 Å². The second kappa shape index (κ2) is 14.3. The molecule has 0 radical (unpaired) electrons. The summed E-state index contributed by atoms with van der Waals surface area (Å²) in [6.07, 6.45) is -0.308. The maximum absolute atomic E-state index is 12.9. The Morgan fingerprint density at radius 3 is 2.70 bits per heavy atom. The van der Waals surface area contributed by atoms with E-state index in [4.69, 9.17) is 19.7 Å². The number of imide groups is 1. The number of aliphatic hydroxyl groups is 1. The highest BCUT2D eigenvalue weighted by molar-refractivity contribution is 6.06. The van der Waals surface area contributed by atoms with Gasteiger partial charge < -0.3 is 29.5 Å². The van der Waals surface area contributed by atoms with Crippen LogP contribution in [0, 0.1) is 0 Å². The maximum Gasteiger partial charge on any atom is 0.255 e. The highest BCUT2D eigenvalue weighted by Crippen LogP contribution is 2.32. The summed E-state index contributed by atoms with van der Waals surface area (Å²) in [6, 6.07) is 4.27. The summed E-state index contributed by atoms with van der Waals surface area (Å²) in [6.45, 7) is 1.28. The molecule has 3 N–H and O–H groups in total. The first-order valence-electron chi connectivity index (χ1n) is 11.9. The van der Waals surface area contributed by atoms with Crippen molar-refractivity contribution in [2.75, 3.05) is 51.5 Å². The lowest BCUT2D eigenvalue weighted by Crippen LogP contribution is -2.52. The van der Waals surface area contributed by atoms with Crippen LogP contribution in [0.15, 0.2) is 23.3 Å². The molecule has 0 bridgehead atoms. The number of azide groups is 1. The Bertz CT molecular complexity index is 1040. The SMILES string of the molecule is [N-]=[N+]=NCCOCC(O)COCCOCCC(=O)Nc1cccc2c1CN(C1CCC(=O)NC1=O)C2=O. The molecule has 2 heterocycles. The predicted molar refractivity (Wildman–Crippen MR) is 128 cm³/mol. The van der Waals surface area contributed by atoms with Crippen LogP contribution in [0.2, 0.25) is 0 Å². The molecule has 200 valence electrons. The molecule has 37 heavy (non-hydrogen) atoms. The summed E-state index contributed by atoms with van der Waals surface area (Å²) in [7, 11) is 0. The van der Waals surface area contributed by atoms with Crippen molar-refractivity contribution >= 4 is 29.3 Å². The standard InChI is InChI=1S/C23H30N6O8/c24-28-25-7-9-36-13-15(30)14-37-11-10-35-8-6-21(32)26-18-3-1-2-16-17(18)12-29(23(16)34)19-4-5-20(31)27-22(19)33/h1-3,15,19,30H,4-14H2,(H,26,32)(H,27,31,33). The van der Waals surface area contributed by atoms with E-state index in [0.717, 1.165) is 0 Å². The first-order valence-corrected chi connectivity index (χ1v) is 11.9. The summed E-state index contributed by atoms with van der Waals surface area (Å²) in [5, 5.41) is 18.1. The fourth-order valence-electron chi connectivity index (χ4n) is 3.94. The van der Waals surface area contributed by atoms with Gasteiger partial charge in [0.1, 0.15) is 12.1 Å². The minimum atomic E-state index is -0.817. The number of rotatable bonds is 15. The van der Waals surface area contributed by atoms with Gasteiger partial charge in [0.05, 0.1) is 46.1 Å². The van der Waals surface area contributed by atoms with Crippen molar-refractivity contribution < 1.29 is 38.5 Å². The number of carbonyl (C=O) groups is 4. The van der Waals surface area contributed by atoms with Gasteiger partial charge in [-0.1, -0.05) is 11.2 Å². The topological polar surface area (TPSA) is 192 Å². The number of piperidine rings is 1. The van der Waals surface area contributed by atoms with E-state index in [1.165, 1.54) is 4.90 Å². The number of nitrogens with zero attached hydrogens (tertiary/aromatic N) is 4. The van der Waals surface area contributed by atoms with Gasteiger partial charge in [0.15, 0.2) is 0 Å². The van der Waals surface area contributed by atoms with Crippen LogP contribution in [0.3, 0.4) is 0 Å². The highest BCUT2D eigenvalue weighted by Gasteiger charge is 2.39. The van der Waals surface area contributed by atoms with E-state index in [0.29, 0.717) is 16.8 Å². The van der Waals surface area contributed by atoms with Gasteiger partial charge in [0.25, 0.3) is 5.91 Å². The van der Waals surface area contributed by atoms with Crippen LogP contribution in [0.25, 0.3) is 10.4 Å². The largest absolute Gasteiger partial charge is 0.388 e. The Morgan fingerprint density at radius 2 is 1.95 bits per heavy atom. The fourth-order valence-corrected chi connectivity index (χ4v) is 3.94. The Morgan fingerprint density at radius 1 is 1.19 bits per heavy atom. The van der Waals surface area contributed by atoms with Crippen LogP contribution >= 0.6 is 0 Å². The molecule has 0 aromatic heterocycles. The van der Waals surface area contributed by atoms with Gasteiger partial charge in [-0.2, -0.15) is 0 Å². The number of amides is 4. The van der Waals surface area contributed by atoms with Gasteiger partial charge in [-0.05, 0) is 24.1 Å². The first-order chi connectivity index (χ1) is 17.9. The third-order valence-electron chi connectivity index (χ3n) is 5.72. The van der Waals surface area contributed by atoms with Gasteiger partial charge in [0, 0.05) is 41.2 Å². The molecule has 2 aliphatic heterocycles. The van der Waals surface area contributed by atoms with Crippen molar-refractivity contribution in [3.05, 3.63) is 39.8 Å². The van der Waals surface area contributed by atoms with E-state index in [2.05, 4.69) is 20.7 Å². The zero-order chi connectivity index (χ0) is 26.6. The van der Waals surface area contributed by atoms with Crippen molar-refractivity contribution in [2.45, 2.75) is 38.0 Å². The summed E-state index contributed by atoms with van der Waals surface area (Å²) >= 11 is 0. The summed E-state index contributed by atoms with van der Waals surface area (Å²) in [4.78, 5) is 53.0. The zero-order valence-corrected chi connectivity index (χ0v) is 20.3. The number of carbonyl (C=O) groups excluding carboxylic acids is 4. The van der Waals surface area contributed by atoms with Gasteiger partial charge in [-0.15, -0.1) is 0 Å². The average molecular weight is 519 g/mol. The molecule has 3 rings (SSSR count). The number of ether oxygens (including phenoxy) is 3. The number of hydrogen-bond acceptors (Lipinski definition) is 9. The molecule has 1 aromatic carbocycles. The molecule has 0 saturated carbocycles. The van der Waals surface area contributed by atoms with E-state index < -0.39 is 18.1 Å². The number of nitrogens with one attached hydrogen (secondary N) is 2. The fraction of sp³-hybridized carbons (Fsp3) is 0.565. The molecule has 1 fully saturated rings. The predicted octanol–water partition coefficient (Wildman–Crippen LogP) is 0.497. The van der Waals surface area contributed by atoms with Crippen molar-refractivity contribution in [3.8, 4) is 0 Å². The van der Waals surface area contributed by atoms with Gasteiger partial charge in [-0.3, -0.25) is 24.5 Å². The van der Waals surface area contributed by atoms with Crippen molar-refractivity contribution in [2.24, 2.45) is 5.11 Å². The molecular weight excluding hydrogens is 488 g/mol. The first kappa shape index (κ1) is 28.0. The van der Waals surface area contributed by atoms with Crippen LogP contribution in [0.4, 0.5) is 5.69 Å². The van der Waals surface area contributed by atoms with Crippen LogP contribution in [-0.2, 0) is 35.1 Å². The second-order valence-corrected chi connectivity index (χ2v) is 8.40. The highest BCUT2D eigenvalue weighted by atomic mass is 16.5. The van der Waals surface area contributed by atoms with Gasteiger partial charge >= 0.3 is 0 Å². The zero-order valence-electron chi connectivity index (χ0n) is 20.3. The Hall–Kier alpha value is -3.55. The number of benzene rings is 1. The third kappa shape index (κ3) is 8.23. The van der Waals surface area contributed by atoms with Crippen LogP contribution in [-0.4, -0.2) is 92.0 Å². The monoisotopic (exact) mass is 518 g/mol. The van der Waals surface area contributed by atoms with Crippen LogP contribution in [0.5, 0.6) is 0 Å². The lowest BCUT2D eigenvalue weighted by molar-refractivity contribution is -0.137. The van der Waals surface area contributed by atoms with Crippen molar-refractivity contribution in [1.29, 1.82) is 0 Å². The molecule has 2 atom stereocenters. The Balaban J connectivity index is 1.34. The molecule has 0 aliphatic carbocycles. The normalized spacial score (nSPS) is 17.7. The van der Waals surface area contributed by atoms with E-state index in [1.54, 1.807) is 18.2 Å². The minimum absolute atomic E-state index is 0.0546. The van der Waals surface area contributed by atoms with Crippen LogP contribution < -0.4 is 10.6 Å². The Labute approximate surface area is 212 Å². The number of anilines is 1. The van der Waals surface area contributed by atoms with E-state index in [-0.39, 0.29) is 89.7 Å². The quantitative estimate of drug-likeness (QED) is 0.0982. The molecular formula is C23H30N6O8. The second-order valence-electron chi connectivity index (χ2n) is 8.40. The third-order valence-corrected chi connectivity index (χ3v) is 5.72. The van der Waals surface area contributed by atoms with Crippen molar-refractivity contribution in [1.82, 2.24) is 10.2 Å². The summed E-state index contributed by atoms with van der Waals surface area (Å²) < 4.78 is 15.8. The molecule has 2 unspecified atom stereocenters. The molecule has 4 amide bonds. The van der Waals surface area contributed by atoms with Gasteiger partial charge in [-0.25, -0.2) is 0 Å². The van der Waals surface area contributed by atoms with E-state index in [1.807, 2.05) is 0 Å². The van der Waals surface area contributed by atoms with Crippen molar-refractivity contribution in [3.63, 3.8) is 0 Å². The Kier molecular flexibility index (Phi) is 10.8. The molecule has 0 spiro atoms. The molecule has 14 heteroatoms. The number of hydrogen-bond donors (Lipinski definition) is 3. The molecule has 14 nitrogen and oxygen atoms in total. The number of aliphatic hydroxyl groups excluding tert-OH is 1. The summed E-state index contributed by atoms with van der Waals surface area (Å²) in [5.41, 5.74) is 9.68. The lowest BCUT2D eigenvalue weighted by atomic mass is 10.0. The lowest BCUT2D eigenvalue weighted by Gasteiger charge is -2.29. The maximum atomic E-state index is 12.9. The molecule has 1 aromatic rings. The van der Waals surface area contributed by atoms with Gasteiger partial charge in [0.2, 0.25) is 17.7 Å². The van der Waals surface area contributed by atoms with E-state index in [9.17, 15) is 24.3 Å². The average Bonchev–Trinajstić information content (AvgIpc) is 3.20. The molecule has 1 saturated heterocycles. The minimum Gasteiger partial charge on any atom is -0.388 e. The molecule has 2 aliphatic rings. The van der Waals surface area contributed by atoms with Crippen LogP contribution in [0.1, 0.15) is 35.2 Å².